The minimum absolute atomic E-state index is 0.159. The summed E-state index contributed by atoms with van der Waals surface area (Å²) in [6.45, 7) is 4.14. The Bertz CT molecular complexity index is 595. The molecule has 0 spiro atoms. The van der Waals surface area contributed by atoms with E-state index in [0.29, 0.717) is 12.5 Å². The van der Waals surface area contributed by atoms with E-state index in [4.69, 9.17) is 0 Å². The summed E-state index contributed by atoms with van der Waals surface area (Å²) in [4.78, 5) is 10.6. The van der Waals surface area contributed by atoms with Gasteiger partial charge in [0.1, 0.15) is 0 Å². The number of hydrogen-bond acceptors (Lipinski definition) is 6. The van der Waals surface area contributed by atoms with Gasteiger partial charge in [0.05, 0.1) is 6.10 Å². The molecule has 0 aliphatic carbocycles. The van der Waals surface area contributed by atoms with Gasteiger partial charge >= 0.3 is 0 Å². The first kappa shape index (κ1) is 16.8. The number of rotatable bonds is 7. The summed E-state index contributed by atoms with van der Waals surface area (Å²) in [7, 11) is 0. The Labute approximate surface area is 142 Å². The maximum Gasteiger partial charge on any atom is 0.222 e. The van der Waals surface area contributed by atoms with E-state index in [2.05, 4.69) is 37.6 Å². The summed E-state index contributed by atoms with van der Waals surface area (Å²) in [6, 6.07) is 12.3. The summed E-state index contributed by atoms with van der Waals surface area (Å²) in [6.07, 6.45) is 4.07. The quantitative estimate of drug-likeness (QED) is 0.708. The van der Waals surface area contributed by atoms with Crippen molar-refractivity contribution in [1.82, 2.24) is 20.2 Å². The first-order valence-corrected chi connectivity index (χ1v) is 8.50. The normalized spacial score (nSPS) is 21.5. The van der Waals surface area contributed by atoms with Gasteiger partial charge in [-0.1, -0.05) is 30.3 Å². The predicted molar refractivity (Wildman–Crippen MR) is 94.7 cm³/mol. The van der Waals surface area contributed by atoms with Crippen LogP contribution in [0.5, 0.6) is 0 Å². The highest BCUT2D eigenvalue weighted by atomic mass is 16.3. The Balaban J connectivity index is 1.37. The van der Waals surface area contributed by atoms with Crippen LogP contribution < -0.4 is 10.6 Å². The van der Waals surface area contributed by atoms with Crippen LogP contribution in [-0.4, -0.2) is 58.3 Å². The molecule has 1 aromatic carbocycles. The van der Waals surface area contributed by atoms with Gasteiger partial charge in [-0.05, 0) is 24.6 Å². The number of benzene rings is 1. The second kappa shape index (κ2) is 8.73. The average Bonchev–Trinajstić information content (AvgIpc) is 2.63. The maximum atomic E-state index is 10.4. The van der Waals surface area contributed by atoms with Crippen LogP contribution in [0, 0.1) is 0 Å². The molecule has 0 bridgehead atoms. The molecule has 1 aliphatic heterocycles. The van der Waals surface area contributed by atoms with Crippen molar-refractivity contribution in [3.63, 3.8) is 0 Å². The number of nitrogens with zero attached hydrogens (tertiary/aromatic N) is 3. The Kier molecular flexibility index (Phi) is 6.12. The van der Waals surface area contributed by atoms with E-state index in [9.17, 15) is 5.11 Å². The van der Waals surface area contributed by atoms with E-state index in [1.54, 1.807) is 18.5 Å². The number of β-amino-alcohol motifs (C(OH)–C–C–N with tert-alkyl or cyclic N) is 1. The van der Waals surface area contributed by atoms with Crippen molar-refractivity contribution >= 4 is 5.95 Å². The standard InChI is InChI=1S/C18H25N5O/c24-17-14-23(12-10-21-18-19-8-4-9-20-18)11-7-16(17)22-13-15-5-2-1-3-6-15/h1-6,8-9,16-17,22,24H,7,10-14H2,(H,19,20,21). The third kappa shape index (κ3) is 4.99. The van der Waals surface area contributed by atoms with Crippen LogP contribution in [0.1, 0.15) is 12.0 Å². The molecule has 0 radical (unpaired) electrons. The van der Waals surface area contributed by atoms with Gasteiger partial charge in [0, 0.05) is 44.6 Å². The molecular formula is C18H25N5O. The smallest absolute Gasteiger partial charge is 0.222 e. The fraction of sp³-hybridized carbons (Fsp3) is 0.444. The van der Waals surface area contributed by atoms with E-state index >= 15 is 0 Å². The number of likely N-dealkylation sites (tertiary alicyclic amines) is 1. The first-order valence-electron chi connectivity index (χ1n) is 8.50. The van der Waals surface area contributed by atoms with E-state index < -0.39 is 0 Å². The van der Waals surface area contributed by atoms with Gasteiger partial charge in [0.25, 0.3) is 0 Å². The summed E-state index contributed by atoms with van der Waals surface area (Å²) in [5, 5.41) is 17.1. The average molecular weight is 327 g/mol. The summed E-state index contributed by atoms with van der Waals surface area (Å²) in [5.74, 6) is 0.650. The van der Waals surface area contributed by atoms with Crippen molar-refractivity contribution in [2.24, 2.45) is 0 Å². The molecule has 3 rings (SSSR count). The number of nitrogens with one attached hydrogen (secondary N) is 2. The number of aliphatic hydroxyl groups is 1. The molecule has 128 valence electrons. The molecule has 0 amide bonds. The Hall–Kier alpha value is -2.02. The SMILES string of the molecule is OC1CN(CCNc2ncccn2)CCC1NCc1ccccc1. The molecular weight excluding hydrogens is 302 g/mol. The lowest BCUT2D eigenvalue weighted by Gasteiger charge is -2.36. The van der Waals surface area contributed by atoms with Gasteiger partial charge < -0.3 is 15.7 Å². The van der Waals surface area contributed by atoms with Crippen molar-refractivity contribution < 1.29 is 5.11 Å². The second-order valence-electron chi connectivity index (χ2n) is 6.13. The van der Waals surface area contributed by atoms with Crippen LogP contribution in [0.15, 0.2) is 48.8 Å². The van der Waals surface area contributed by atoms with Gasteiger partial charge in [-0.25, -0.2) is 9.97 Å². The fourth-order valence-electron chi connectivity index (χ4n) is 3.00. The molecule has 0 saturated carbocycles. The number of aliphatic hydroxyl groups excluding tert-OH is 1. The first-order chi connectivity index (χ1) is 11.8. The zero-order valence-electron chi connectivity index (χ0n) is 13.8. The Morgan fingerprint density at radius 2 is 1.92 bits per heavy atom. The summed E-state index contributed by atoms with van der Waals surface area (Å²) in [5.41, 5.74) is 1.25. The molecule has 3 N–H and O–H groups in total. The van der Waals surface area contributed by atoms with Gasteiger partial charge in [-0.15, -0.1) is 0 Å². The monoisotopic (exact) mass is 327 g/mol. The molecule has 2 heterocycles. The topological polar surface area (TPSA) is 73.3 Å². The summed E-state index contributed by atoms with van der Waals surface area (Å²) < 4.78 is 0. The number of anilines is 1. The van der Waals surface area contributed by atoms with Gasteiger partial charge in [0.15, 0.2) is 0 Å². The molecule has 24 heavy (non-hydrogen) atoms. The van der Waals surface area contributed by atoms with Crippen LogP contribution >= 0.6 is 0 Å². The van der Waals surface area contributed by atoms with Crippen LogP contribution in [0.25, 0.3) is 0 Å². The van der Waals surface area contributed by atoms with Crippen molar-refractivity contribution in [3.8, 4) is 0 Å². The molecule has 2 aromatic rings. The van der Waals surface area contributed by atoms with Crippen LogP contribution in [0.2, 0.25) is 0 Å². The molecule has 1 fully saturated rings. The zero-order valence-corrected chi connectivity index (χ0v) is 13.8. The van der Waals surface area contributed by atoms with Gasteiger partial charge in [-0.3, -0.25) is 4.90 Å². The lowest BCUT2D eigenvalue weighted by Crippen LogP contribution is -2.53. The third-order valence-corrected chi connectivity index (χ3v) is 4.35. The molecule has 1 aliphatic rings. The van der Waals surface area contributed by atoms with Gasteiger partial charge in [0.2, 0.25) is 5.95 Å². The molecule has 1 saturated heterocycles. The number of hydrogen-bond donors (Lipinski definition) is 3. The summed E-state index contributed by atoms with van der Waals surface area (Å²) >= 11 is 0. The predicted octanol–water partition coefficient (Wildman–Crippen LogP) is 1.11. The van der Waals surface area contributed by atoms with Crippen molar-refractivity contribution in [1.29, 1.82) is 0 Å². The van der Waals surface area contributed by atoms with E-state index in [1.165, 1.54) is 5.56 Å². The molecule has 2 atom stereocenters. The van der Waals surface area contributed by atoms with E-state index in [0.717, 1.165) is 32.6 Å². The third-order valence-electron chi connectivity index (χ3n) is 4.35. The second-order valence-corrected chi connectivity index (χ2v) is 6.13. The molecule has 6 nitrogen and oxygen atoms in total. The Morgan fingerprint density at radius 3 is 2.67 bits per heavy atom. The highest BCUT2D eigenvalue weighted by molar-refractivity contribution is 5.21. The van der Waals surface area contributed by atoms with Gasteiger partial charge in [-0.2, -0.15) is 0 Å². The maximum absolute atomic E-state index is 10.4. The lowest BCUT2D eigenvalue weighted by molar-refractivity contribution is 0.0417. The lowest BCUT2D eigenvalue weighted by atomic mass is 10.0. The van der Waals surface area contributed by atoms with Crippen molar-refractivity contribution in [3.05, 3.63) is 54.4 Å². The van der Waals surface area contributed by atoms with Crippen molar-refractivity contribution in [2.75, 3.05) is 31.5 Å². The van der Waals surface area contributed by atoms with Crippen LogP contribution in [-0.2, 0) is 6.54 Å². The van der Waals surface area contributed by atoms with Crippen molar-refractivity contribution in [2.45, 2.75) is 25.1 Å². The minimum Gasteiger partial charge on any atom is -0.390 e. The Morgan fingerprint density at radius 1 is 1.12 bits per heavy atom. The zero-order chi connectivity index (χ0) is 16.6. The minimum atomic E-state index is -0.338. The van der Waals surface area contributed by atoms with Crippen LogP contribution in [0.3, 0.4) is 0 Å². The molecule has 6 heteroatoms. The fourth-order valence-corrected chi connectivity index (χ4v) is 3.00. The highest BCUT2D eigenvalue weighted by Gasteiger charge is 2.26. The largest absolute Gasteiger partial charge is 0.390 e. The molecule has 2 unspecified atom stereocenters. The van der Waals surface area contributed by atoms with E-state index in [1.807, 2.05) is 18.2 Å². The van der Waals surface area contributed by atoms with Crippen LogP contribution in [0.4, 0.5) is 5.95 Å². The van der Waals surface area contributed by atoms with E-state index in [-0.39, 0.29) is 12.1 Å². The highest BCUT2D eigenvalue weighted by Crippen LogP contribution is 2.12. The number of piperidine rings is 1. The number of aromatic nitrogens is 2. The molecule has 1 aromatic heterocycles.